The van der Waals surface area contributed by atoms with E-state index in [9.17, 15) is 0 Å². The SMILES string of the molecule is CCC1CC(C2CCCC2C)CCC2=C1CC=C(C)C2. The molecule has 20 heavy (non-hydrogen) atoms. The van der Waals surface area contributed by atoms with Crippen LogP contribution in [0.5, 0.6) is 0 Å². The summed E-state index contributed by atoms with van der Waals surface area (Å²) in [4.78, 5) is 0. The second-order valence-corrected chi connectivity index (χ2v) is 7.77. The Hall–Kier alpha value is -0.520. The van der Waals surface area contributed by atoms with Crippen molar-refractivity contribution in [1.82, 2.24) is 0 Å². The van der Waals surface area contributed by atoms with E-state index in [4.69, 9.17) is 0 Å². The van der Waals surface area contributed by atoms with Gasteiger partial charge in [0.25, 0.3) is 0 Å². The molecule has 0 amide bonds. The molecule has 4 atom stereocenters. The van der Waals surface area contributed by atoms with E-state index in [1.165, 1.54) is 57.8 Å². The molecular formula is C20H32. The van der Waals surface area contributed by atoms with Crippen molar-refractivity contribution in [2.45, 2.75) is 78.6 Å². The summed E-state index contributed by atoms with van der Waals surface area (Å²) in [5, 5.41) is 0. The van der Waals surface area contributed by atoms with Gasteiger partial charge in [0.15, 0.2) is 0 Å². The van der Waals surface area contributed by atoms with Crippen molar-refractivity contribution in [2.75, 3.05) is 0 Å². The smallest absolute Gasteiger partial charge is 0.0108 e. The molecule has 0 N–H and O–H groups in total. The van der Waals surface area contributed by atoms with Crippen molar-refractivity contribution in [3.05, 3.63) is 22.8 Å². The van der Waals surface area contributed by atoms with Crippen molar-refractivity contribution in [3.8, 4) is 0 Å². The highest BCUT2D eigenvalue weighted by atomic mass is 14.4. The number of hydrogen-bond acceptors (Lipinski definition) is 0. The van der Waals surface area contributed by atoms with E-state index in [0.717, 1.165) is 23.7 Å². The van der Waals surface area contributed by atoms with Gasteiger partial charge in [-0.1, -0.05) is 49.5 Å². The largest absolute Gasteiger partial charge is 0.0812 e. The molecule has 3 aliphatic carbocycles. The fourth-order valence-corrected chi connectivity index (χ4v) is 5.32. The third-order valence-electron chi connectivity index (χ3n) is 6.54. The van der Waals surface area contributed by atoms with Crippen LogP contribution in [0.2, 0.25) is 0 Å². The van der Waals surface area contributed by atoms with Crippen LogP contribution in [0.1, 0.15) is 78.6 Å². The minimum Gasteiger partial charge on any atom is -0.0812 e. The highest BCUT2D eigenvalue weighted by Gasteiger charge is 2.35. The summed E-state index contributed by atoms with van der Waals surface area (Å²) in [5.74, 6) is 3.95. The van der Waals surface area contributed by atoms with Gasteiger partial charge in [0.2, 0.25) is 0 Å². The van der Waals surface area contributed by atoms with Gasteiger partial charge in [-0.25, -0.2) is 0 Å². The molecule has 0 heterocycles. The molecule has 0 aromatic carbocycles. The highest BCUT2D eigenvalue weighted by Crippen LogP contribution is 2.47. The fourth-order valence-electron chi connectivity index (χ4n) is 5.32. The summed E-state index contributed by atoms with van der Waals surface area (Å²) in [6.45, 7) is 7.26. The zero-order valence-electron chi connectivity index (χ0n) is 13.8. The van der Waals surface area contributed by atoms with Crippen LogP contribution in [0.4, 0.5) is 0 Å². The molecule has 3 aliphatic rings. The first kappa shape index (κ1) is 14.4. The summed E-state index contributed by atoms with van der Waals surface area (Å²) >= 11 is 0. The zero-order chi connectivity index (χ0) is 14.1. The van der Waals surface area contributed by atoms with Crippen molar-refractivity contribution >= 4 is 0 Å². The third-order valence-corrected chi connectivity index (χ3v) is 6.54. The first-order valence-corrected chi connectivity index (χ1v) is 9.05. The van der Waals surface area contributed by atoms with E-state index in [1.54, 1.807) is 5.57 Å². The molecule has 0 bridgehead atoms. The second kappa shape index (κ2) is 6.08. The molecule has 0 heteroatoms. The van der Waals surface area contributed by atoms with Gasteiger partial charge in [0.1, 0.15) is 0 Å². The first-order chi connectivity index (χ1) is 9.69. The van der Waals surface area contributed by atoms with Gasteiger partial charge >= 0.3 is 0 Å². The molecule has 1 saturated carbocycles. The molecule has 0 radical (unpaired) electrons. The predicted molar refractivity (Wildman–Crippen MR) is 87.6 cm³/mol. The lowest BCUT2D eigenvalue weighted by Crippen LogP contribution is -2.20. The maximum absolute atomic E-state index is 2.52. The third kappa shape index (κ3) is 2.76. The molecule has 3 rings (SSSR count). The van der Waals surface area contributed by atoms with Crippen LogP contribution in [0.3, 0.4) is 0 Å². The Morgan fingerprint density at radius 3 is 2.75 bits per heavy atom. The van der Waals surface area contributed by atoms with Crippen LogP contribution in [-0.2, 0) is 0 Å². The Morgan fingerprint density at radius 2 is 2.05 bits per heavy atom. The number of hydrogen-bond donors (Lipinski definition) is 0. The maximum atomic E-state index is 2.52. The predicted octanol–water partition coefficient (Wildman–Crippen LogP) is 6.29. The van der Waals surface area contributed by atoms with Gasteiger partial charge < -0.3 is 0 Å². The van der Waals surface area contributed by atoms with Gasteiger partial charge in [-0.2, -0.15) is 0 Å². The molecule has 4 unspecified atom stereocenters. The Balaban J connectivity index is 1.76. The quantitative estimate of drug-likeness (QED) is 0.518. The molecule has 0 saturated heterocycles. The molecular weight excluding hydrogens is 240 g/mol. The normalized spacial score (nSPS) is 38.5. The average molecular weight is 272 g/mol. The van der Waals surface area contributed by atoms with E-state index in [0.29, 0.717) is 0 Å². The molecule has 112 valence electrons. The van der Waals surface area contributed by atoms with Gasteiger partial charge in [-0.05, 0) is 75.5 Å². The Morgan fingerprint density at radius 1 is 1.20 bits per heavy atom. The lowest BCUT2D eigenvalue weighted by Gasteiger charge is -2.29. The Labute approximate surface area is 125 Å². The summed E-state index contributed by atoms with van der Waals surface area (Å²) < 4.78 is 0. The van der Waals surface area contributed by atoms with E-state index in [1.807, 2.05) is 11.1 Å². The first-order valence-electron chi connectivity index (χ1n) is 9.05. The Bertz CT molecular complexity index is 412. The van der Waals surface area contributed by atoms with Gasteiger partial charge in [0.05, 0.1) is 0 Å². The molecule has 0 spiro atoms. The standard InChI is InChI=1S/C20H32/c1-4-16-13-18(19-7-5-6-15(19)3)10-9-17-12-14(2)8-11-20(16)17/h8,15-16,18-19H,4-7,9-13H2,1-3H3. The summed E-state index contributed by atoms with van der Waals surface area (Å²) in [5.41, 5.74) is 5.31. The van der Waals surface area contributed by atoms with Crippen molar-refractivity contribution in [1.29, 1.82) is 0 Å². The lowest BCUT2D eigenvalue weighted by molar-refractivity contribution is 0.227. The van der Waals surface area contributed by atoms with Crippen molar-refractivity contribution < 1.29 is 0 Å². The topological polar surface area (TPSA) is 0 Å². The van der Waals surface area contributed by atoms with Gasteiger partial charge in [0, 0.05) is 0 Å². The molecule has 0 aromatic rings. The van der Waals surface area contributed by atoms with Crippen LogP contribution in [-0.4, -0.2) is 0 Å². The second-order valence-electron chi connectivity index (χ2n) is 7.77. The van der Waals surface area contributed by atoms with Crippen LogP contribution < -0.4 is 0 Å². The lowest BCUT2D eigenvalue weighted by atomic mass is 9.76. The van der Waals surface area contributed by atoms with Gasteiger partial charge in [-0.3, -0.25) is 0 Å². The zero-order valence-corrected chi connectivity index (χ0v) is 13.8. The van der Waals surface area contributed by atoms with Crippen LogP contribution in [0.15, 0.2) is 22.8 Å². The molecule has 1 fully saturated rings. The molecule has 0 aromatic heterocycles. The number of allylic oxidation sites excluding steroid dienone is 4. The van der Waals surface area contributed by atoms with E-state index >= 15 is 0 Å². The van der Waals surface area contributed by atoms with Crippen molar-refractivity contribution in [3.63, 3.8) is 0 Å². The summed E-state index contributed by atoms with van der Waals surface area (Å²) in [7, 11) is 0. The monoisotopic (exact) mass is 272 g/mol. The number of rotatable bonds is 2. The Kier molecular flexibility index (Phi) is 4.38. The fraction of sp³-hybridized carbons (Fsp3) is 0.800. The van der Waals surface area contributed by atoms with E-state index in [-0.39, 0.29) is 0 Å². The maximum Gasteiger partial charge on any atom is -0.0108 e. The summed E-state index contributed by atoms with van der Waals surface area (Å²) in [6, 6.07) is 0. The highest BCUT2D eigenvalue weighted by molar-refractivity contribution is 5.31. The average Bonchev–Trinajstić information content (AvgIpc) is 2.78. The van der Waals surface area contributed by atoms with Crippen LogP contribution >= 0.6 is 0 Å². The summed E-state index contributed by atoms with van der Waals surface area (Å²) in [6.07, 6.45) is 15.3. The van der Waals surface area contributed by atoms with Crippen molar-refractivity contribution in [2.24, 2.45) is 23.7 Å². The van der Waals surface area contributed by atoms with Gasteiger partial charge in [-0.15, -0.1) is 0 Å². The van der Waals surface area contributed by atoms with Crippen LogP contribution in [0, 0.1) is 23.7 Å². The van der Waals surface area contributed by atoms with E-state index < -0.39 is 0 Å². The minimum absolute atomic E-state index is 0.898. The van der Waals surface area contributed by atoms with Crippen LogP contribution in [0.25, 0.3) is 0 Å². The molecule has 0 aliphatic heterocycles. The minimum atomic E-state index is 0.898. The van der Waals surface area contributed by atoms with E-state index in [2.05, 4.69) is 26.8 Å². The molecule has 0 nitrogen and oxygen atoms in total.